The van der Waals surface area contributed by atoms with Crippen molar-refractivity contribution in [2.45, 2.75) is 38.6 Å². The van der Waals surface area contributed by atoms with Gasteiger partial charge in [0.15, 0.2) is 0 Å². The Balaban J connectivity index is 2.13. The summed E-state index contributed by atoms with van der Waals surface area (Å²) in [6.45, 7) is 2.78. The van der Waals surface area contributed by atoms with Crippen LogP contribution in [0, 0.1) is 5.92 Å². The van der Waals surface area contributed by atoms with Gasteiger partial charge in [0, 0.05) is 0 Å². The molecule has 70 valence electrons. The molecule has 2 N–H and O–H groups in total. The number of aliphatic carboxylic acids is 1. The predicted octanol–water partition coefficient (Wildman–Crippen LogP) is 1.24. The fourth-order valence-electron chi connectivity index (χ4n) is 1.41. The first-order chi connectivity index (χ1) is 5.74. The van der Waals surface area contributed by atoms with Crippen LogP contribution in [0.5, 0.6) is 0 Å². The Morgan fingerprint density at radius 3 is 2.67 bits per heavy atom. The molecule has 0 amide bonds. The van der Waals surface area contributed by atoms with Crippen LogP contribution in [0.2, 0.25) is 0 Å². The second-order valence-corrected chi connectivity index (χ2v) is 3.50. The smallest absolute Gasteiger partial charge is 0.320 e. The summed E-state index contributed by atoms with van der Waals surface area (Å²) in [6.07, 6.45) is 4.52. The van der Waals surface area contributed by atoms with Crippen molar-refractivity contribution in [3.63, 3.8) is 0 Å². The number of nitrogens with one attached hydrogen (secondary N) is 1. The average molecular weight is 171 g/mol. The highest BCUT2D eigenvalue weighted by molar-refractivity contribution is 5.73. The molecule has 0 aromatic rings. The third kappa shape index (κ3) is 2.48. The molecule has 1 aliphatic rings. The molecule has 0 bridgehead atoms. The lowest BCUT2D eigenvalue weighted by Gasteiger charge is -2.26. The van der Waals surface area contributed by atoms with Crippen LogP contribution in [-0.4, -0.2) is 23.7 Å². The van der Waals surface area contributed by atoms with Crippen molar-refractivity contribution in [2.75, 3.05) is 6.54 Å². The molecule has 1 atom stereocenters. The summed E-state index contributed by atoms with van der Waals surface area (Å²) in [4.78, 5) is 10.6. The van der Waals surface area contributed by atoms with E-state index in [2.05, 4.69) is 5.32 Å². The first-order valence-electron chi connectivity index (χ1n) is 4.70. The van der Waals surface area contributed by atoms with Gasteiger partial charge < -0.3 is 10.4 Å². The molecule has 3 heteroatoms. The molecule has 1 aliphatic carbocycles. The van der Waals surface area contributed by atoms with E-state index in [4.69, 9.17) is 5.11 Å². The minimum absolute atomic E-state index is 0.342. The van der Waals surface area contributed by atoms with E-state index >= 15 is 0 Å². The zero-order valence-electron chi connectivity index (χ0n) is 7.55. The lowest BCUT2D eigenvalue weighted by atomic mass is 9.85. The first-order valence-corrected chi connectivity index (χ1v) is 4.70. The zero-order valence-corrected chi connectivity index (χ0v) is 7.55. The maximum absolute atomic E-state index is 10.6. The highest BCUT2D eigenvalue weighted by Gasteiger charge is 2.20. The van der Waals surface area contributed by atoms with Crippen LogP contribution in [0.4, 0.5) is 0 Å². The molecule has 3 nitrogen and oxygen atoms in total. The fourth-order valence-corrected chi connectivity index (χ4v) is 1.41. The Morgan fingerprint density at radius 2 is 2.33 bits per heavy atom. The lowest BCUT2D eigenvalue weighted by molar-refractivity contribution is -0.139. The average Bonchev–Trinajstić information content (AvgIpc) is 1.93. The van der Waals surface area contributed by atoms with Crippen LogP contribution in [0.3, 0.4) is 0 Å². The van der Waals surface area contributed by atoms with Gasteiger partial charge >= 0.3 is 5.97 Å². The van der Waals surface area contributed by atoms with Gasteiger partial charge in [-0.25, -0.2) is 0 Å². The van der Waals surface area contributed by atoms with Gasteiger partial charge in [-0.15, -0.1) is 0 Å². The van der Waals surface area contributed by atoms with Crippen molar-refractivity contribution in [1.82, 2.24) is 5.32 Å². The number of carboxylic acids is 1. The molecule has 1 unspecified atom stereocenters. The Morgan fingerprint density at radius 1 is 1.67 bits per heavy atom. The molecule has 1 saturated carbocycles. The highest BCUT2D eigenvalue weighted by Crippen LogP contribution is 2.25. The fraction of sp³-hybridized carbons (Fsp3) is 0.889. The molecule has 0 radical (unpaired) electrons. The van der Waals surface area contributed by atoms with Crippen molar-refractivity contribution in [1.29, 1.82) is 0 Å². The lowest BCUT2D eigenvalue weighted by Crippen LogP contribution is -2.40. The topological polar surface area (TPSA) is 49.3 Å². The second-order valence-electron chi connectivity index (χ2n) is 3.50. The minimum atomic E-state index is -0.725. The minimum Gasteiger partial charge on any atom is -0.480 e. The third-order valence-electron chi connectivity index (χ3n) is 2.58. The van der Waals surface area contributed by atoms with E-state index < -0.39 is 5.97 Å². The molecule has 0 saturated heterocycles. The van der Waals surface area contributed by atoms with Crippen molar-refractivity contribution in [3.05, 3.63) is 0 Å². The standard InChI is InChI=1S/C9H17NO2/c1-2-8(9(11)12)10-6-7-4-3-5-7/h7-8,10H,2-6H2,1H3,(H,11,12). The van der Waals surface area contributed by atoms with Gasteiger partial charge in [-0.3, -0.25) is 4.79 Å². The Hall–Kier alpha value is -0.570. The van der Waals surface area contributed by atoms with E-state index in [0.29, 0.717) is 6.42 Å². The normalized spacial score (nSPS) is 20.1. The third-order valence-corrected chi connectivity index (χ3v) is 2.58. The maximum Gasteiger partial charge on any atom is 0.320 e. The van der Waals surface area contributed by atoms with Crippen LogP contribution in [0.15, 0.2) is 0 Å². The molecule has 0 heterocycles. The number of rotatable bonds is 5. The summed E-state index contributed by atoms with van der Waals surface area (Å²) < 4.78 is 0. The molecule has 1 fully saturated rings. The molecule has 0 aromatic heterocycles. The maximum atomic E-state index is 10.6. The summed E-state index contributed by atoms with van der Waals surface area (Å²) in [7, 11) is 0. The Kier molecular flexibility index (Phi) is 3.53. The van der Waals surface area contributed by atoms with Crippen LogP contribution >= 0.6 is 0 Å². The summed E-state index contributed by atoms with van der Waals surface area (Å²) in [6, 6.07) is -0.342. The van der Waals surface area contributed by atoms with Gasteiger partial charge in [0.05, 0.1) is 0 Å². The van der Waals surface area contributed by atoms with Gasteiger partial charge in [-0.2, -0.15) is 0 Å². The van der Waals surface area contributed by atoms with Crippen molar-refractivity contribution < 1.29 is 9.90 Å². The SMILES string of the molecule is CCC(NCC1CCC1)C(=O)O. The highest BCUT2D eigenvalue weighted by atomic mass is 16.4. The second kappa shape index (κ2) is 4.45. The van der Waals surface area contributed by atoms with Gasteiger partial charge in [0.2, 0.25) is 0 Å². The van der Waals surface area contributed by atoms with Gasteiger partial charge in [-0.1, -0.05) is 13.3 Å². The molecule has 1 rings (SSSR count). The quantitative estimate of drug-likeness (QED) is 0.654. The van der Waals surface area contributed by atoms with E-state index in [1.54, 1.807) is 0 Å². The van der Waals surface area contributed by atoms with E-state index in [9.17, 15) is 4.79 Å². The van der Waals surface area contributed by atoms with Gasteiger partial charge in [0.25, 0.3) is 0 Å². The number of hydrogen-bond donors (Lipinski definition) is 2. The van der Waals surface area contributed by atoms with Crippen LogP contribution < -0.4 is 5.32 Å². The van der Waals surface area contributed by atoms with Crippen LogP contribution in [0.1, 0.15) is 32.6 Å². The Labute approximate surface area is 73.2 Å². The number of carbonyl (C=O) groups is 1. The van der Waals surface area contributed by atoms with E-state index in [1.165, 1.54) is 19.3 Å². The van der Waals surface area contributed by atoms with E-state index in [-0.39, 0.29) is 6.04 Å². The van der Waals surface area contributed by atoms with E-state index in [1.807, 2.05) is 6.92 Å². The van der Waals surface area contributed by atoms with E-state index in [0.717, 1.165) is 12.5 Å². The molecule has 0 aliphatic heterocycles. The summed E-state index contributed by atoms with van der Waals surface area (Å²) in [5.74, 6) is 0.00947. The van der Waals surface area contributed by atoms with Crippen LogP contribution in [-0.2, 0) is 4.79 Å². The number of carboxylic acid groups (broad SMARTS) is 1. The first kappa shape index (κ1) is 9.52. The molecular weight excluding hydrogens is 154 g/mol. The summed E-state index contributed by atoms with van der Waals surface area (Å²) in [5.41, 5.74) is 0. The predicted molar refractivity (Wildman–Crippen MR) is 47.1 cm³/mol. The molecule has 12 heavy (non-hydrogen) atoms. The van der Waals surface area contributed by atoms with Crippen molar-refractivity contribution in [3.8, 4) is 0 Å². The summed E-state index contributed by atoms with van der Waals surface area (Å²) in [5, 5.41) is 11.8. The van der Waals surface area contributed by atoms with Crippen molar-refractivity contribution in [2.24, 2.45) is 5.92 Å². The molecular formula is C9H17NO2. The zero-order chi connectivity index (χ0) is 8.97. The van der Waals surface area contributed by atoms with Crippen LogP contribution in [0.25, 0.3) is 0 Å². The number of hydrogen-bond acceptors (Lipinski definition) is 2. The van der Waals surface area contributed by atoms with Gasteiger partial charge in [-0.05, 0) is 31.7 Å². The Bertz CT molecular complexity index is 155. The molecule has 0 spiro atoms. The van der Waals surface area contributed by atoms with Gasteiger partial charge in [0.1, 0.15) is 6.04 Å². The summed E-state index contributed by atoms with van der Waals surface area (Å²) >= 11 is 0. The monoisotopic (exact) mass is 171 g/mol. The largest absolute Gasteiger partial charge is 0.480 e. The molecule has 0 aromatic carbocycles. The van der Waals surface area contributed by atoms with Crippen molar-refractivity contribution >= 4 is 5.97 Å².